The van der Waals surface area contributed by atoms with Crippen LogP contribution in [0.15, 0.2) is 48.5 Å². The smallest absolute Gasteiger partial charge is 0.416 e. The number of nitrogens with two attached hydrogens (primary N) is 1. The highest BCUT2D eigenvalue weighted by atomic mass is 19.4. The van der Waals surface area contributed by atoms with Crippen molar-refractivity contribution in [1.29, 1.82) is 0 Å². The third-order valence-corrected chi connectivity index (χ3v) is 3.42. The van der Waals surface area contributed by atoms with Crippen LogP contribution in [0.1, 0.15) is 12.5 Å². The Morgan fingerprint density at radius 3 is 1.89 bits per heavy atom. The van der Waals surface area contributed by atoms with Crippen LogP contribution in [0.5, 0.6) is 17.2 Å². The molecule has 2 amide bonds. The minimum Gasteiger partial charge on any atom is -0.479 e. The number of carbonyl (C=O) groups excluding carboxylic acids is 2. The van der Waals surface area contributed by atoms with Crippen LogP contribution >= 0.6 is 0 Å². The van der Waals surface area contributed by atoms with Gasteiger partial charge in [-0.05, 0) is 55.5 Å². The van der Waals surface area contributed by atoms with Gasteiger partial charge in [-0.1, -0.05) is 0 Å². The van der Waals surface area contributed by atoms with Gasteiger partial charge in [0, 0.05) is 0 Å². The summed E-state index contributed by atoms with van der Waals surface area (Å²) in [5.74, 6) is 0.0706. The van der Waals surface area contributed by atoms with Gasteiger partial charge in [0.25, 0.3) is 0 Å². The number of rotatable bonds is 5. The largest absolute Gasteiger partial charge is 0.479 e. The average Bonchev–Trinajstić information content (AvgIpc) is 2.62. The SMILES string of the molecule is CC(Oc1ccc(Oc2ccc(C(F)(F)F)cc2)cc1)C(=O)ON(C)C(N)=O. The maximum atomic E-state index is 12.5. The molecule has 28 heavy (non-hydrogen) atoms. The predicted octanol–water partition coefficient (Wildman–Crippen LogP) is 3.73. The number of urea groups is 1. The standard InChI is InChI=1S/C18H17F3N2O5/c1-11(16(24)28-23(2)17(22)25)26-13-7-9-15(10-8-13)27-14-5-3-12(4-6-14)18(19,20)21/h3-11H,1-2H3,(H2,22,25). The predicted molar refractivity (Wildman–Crippen MR) is 91.5 cm³/mol. The zero-order chi connectivity index (χ0) is 20.9. The van der Waals surface area contributed by atoms with Crippen LogP contribution < -0.4 is 15.2 Å². The second kappa shape index (κ2) is 8.51. The number of hydroxylamine groups is 2. The molecule has 0 spiro atoms. The molecule has 0 radical (unpaired) electrons. The number of ether oxygens (including phenoxy) is 2. The van der Waals surface area contributed by atoms with E-state index in [9.17, 15) is 22.8 Å². The highest BCUT2D eigenvalue weighted by Gasteiger charge is 2.30. The maximum Gasteiger partial charge on any atom is 0.416 e. The molecule has 2 rings (SSSR count). The summed E-state index contributed by atoms with van der Waals surface area (Å²) in [6.07, 6.45) is -5.44. The van der Waals surface area contributed by atoms with E-state index in [0.29, 0.717) is 16.6 Å². The van der Waals surface area contributed by atoms with Crippen LogP contribution in [0.25, 0.3) is 0 Å². The molecule has 2 aromatic rings. The van der Waals surface area contributed by atoms with Gasteiger partial charge in [0.2, 0.25) is 0 Å². The molecule has 0 heterocycles. The Morgan fingerprint density at radius 1 is 0.964 bits per heavy atom. The van der Waals surface area contributed by atoms with Crippen LogP contribution in [0.2, 0.25) is 0 Å². The number of carbonyl (C=O) groups is 2. The first-order chi connectivity index (χ1) is 13.1. The zero-order valence-corrected chi connectivity index (χ0v) is 14.9. The number of hydrogen-bond acceptors (Lipinski definition) is 5. The number of hydrogen-bond donors (Lipinski definition) is 1. The lowest BCUT2D eigenvalue weighted by atomic mass is 10.2. The molecule has 0 aliphatic rings. The third-order valence-electron chi connectivity index (χ3n) is 3.42. The molecule has 0 saturated carbocycles. The molecule has 0 aliphatic heterocycles. The summed E-state index contributed by atoms with van der Waals surface area (Å²) in [5.41, 5.74) is 4.17. The Bertz CT molecular complexity index is 823. The zero-order valence-electron chi connectivity index (χ0n) is 14.9. The van der Waals surface area contributed by atoms with Gasteiger partial charge in [-0.2, -0.15) is 18.2 Å². The highest BCUT2D eigenvalue weighted by molar-refractivity contribution is 5.77. The summed E-state index contributed by atoms with van der Waals surface area (Å²) in [7, 11) is 1.18. The van der Waals surface area contributed by atoms with Gasteiger partial charge in [0.15, 0.2) is 6.10 Å². The van der Waals surface area contributed by atoms with Crippen molar-refractivity contribution in [2.45, 2.75) is 19.2 Å². The fourth-order valence-corrected chi connectivity index (χ4v) is 1.94. The van der Waals surface area contributed by atoms with Gasteiger partial charge >= 0.3 is 18.2 Å². The van der Waals surface area contributed by atoms with Crippen molar-refractivity contribution in [1.82, 2.24) is 5.06 Å². The monoisotopic (exact) mass is 398 g/mol. The Morgan fingerprint density at radius 2 is 1.43 bits per heavy atom. The number of benzene rings is 2. The van der Waals surface area contributed by atoms with E-state index in [0.717, 1.165) is 12.1 Å². The van der Waals surface area contributed by atoms with Gasteiger partial charge in [-0.25, -0.2) is 9.59 Å². The Labute approximate surface area is 158 Å². The summed E-state index contributed by atoms with van der Waals surface area (Å²) >= 11 is 0. The molecule has 2 aromatic carbocycles. The molecule has 1 unspecified atom stereocenters. The van der Waals surface area contributed by atoms with Gasteiger partial charge < -0.3 is 20.0 Å². The van der Waals surface area contributed by atoms with E-state index < -0.39 is 29.8 Å². The molecule has 150 valence electrons. The second-order valence-electron chi connectivity index (χ2n) is 5.60. The molecule has 0 aromatic heterocycles. The summed E-state index contributed by atoms with van der Waals surface area (Å²) in [6, 6.07) is 9.35. The average molecular weight is 398 g/mol. The van der Waals surface area contributed by atoms with Crippen molar-refractivity contribution in [3.05, 3.63) is 54.1 Å². The van der Waals surface area contributed by atoms with Gasteiger partial charge in [0.05, 0.1) is 12.6 Å². The van der Waals surface area contributed by atoms with Gasteiger partial charge in [0.1, 0.15) is 17.2 Å². The van der Waals surface area contributed by atoms with Crippen molar-refractivity contribution in [3.63, 3.8) is 0 Å². The fourth-order valence-electron chi connectivity index (χ4n) is 1.94. The molecule has 7 nitrogen and oxygen atoms in total. The van der Waals surface area contributed by atoms with Crippen LogP contribution in [0.4, 0.5) is 18.0 Å². The molecular weight excluding hydrogens is 381 g/mol. The second-order valence-corrected chi connectivity index (χ2v) is 5.60. The summed E-state index contributed by atoms with van der Waals surface area (Å²) in [6.45, 7) is 1.42. The minimum absolute atomic E-state index is 0.230. The lowest BCUT2D eigenvalue weighted by molar-refractivity contribution is -0.179. The van der Waals surface area contributed by atoms with E-state index in [4.69, 9.17) is 15.2 Å². The van der Waals surface area contributed by atoms with Gasteiger partial charge in [-0.3, -0.25) is 0 Å². The van der Waals surface area contributed by atoms with Crippen LogP contribution in [0.3, 0.4) is 0 Å². The van der Waals surface area contributed by atoms with E-state index in [1.54, 1.807) is 0 Å². The first kappa shape index (κ1) is 20.9. The number of primary amides is 1. The molecular formula is C18H17F3N2O5. The van der Waals surface area contributed by atoms with Crippen LogP contribution in [-0.2, 0) is 15.8 Å². The molecule has 10 heteroatoms. The molecule has 0 aliphatic carbocycles. The maximum absolute atomic E-state index is 12.5. The Kier molecular flexibility index (Phi) is 6.34. The number of nitrogens with zero attached hydrogens (tertiary/aromatic N) is 1. The highest BCUT2D eigenvalue weighted by Crippen LogP contribution is 2.31. The third kappa shape index (κ3) is 5.79. The Hall–Kier alpha value is -3.43. The summed E-state index contributed by atoms with van der Waals surface area (Å²) in [4.78, 5) is 27.3. The quantitative estimate of drug-likeness (QED) is 0.775. The molecule has 0 fully saturated rings. The van der Waals surface area contributed by atoms with Crippen molar-refractivity contribution in [2.24, 2.45) is 5.73 Å². The van der Waals surface area contributed by atoms with E-state index in [2.05, 4.69) is 4.84 Å². The van der Waals surface area contributed by atoms with E-state index in [1.165, 1.54) is 50.4 Å². The van der Waals surface area contributed by atoms with E-state index in [-0.39, 0.29) is 5.75 Å². The molecule has 0 bridgehead atoms. The fraction of sp³-hybridized carbons (Fsp3) is 0.222. The summed E-state index contributed by atoms with van der Waals surface area (Å²) < 4.78 is 48.5. The number of amides is 2. The van der Waals surface area contributed by atoms with Crippen molar-refractivity contribution in [2.75, 3.05) is 7.05 Å². The topological polar surface area (TPSA) is 91.1 Å². The van der Waals surface area contributed by atoms with Crippen LogP contribution in [-0.4, -0.2) is 30.2 Å². The Balaban J connectivity index is 1.94. The minimum atomic E-state index is -4.42. The molecule has 1 atom stereocenters. The van der Waals surface area contributed by atoms with Crippen molar-refractivity contribution < 1.29 is 37.1 Å². The van der Waals surface area contributed by atoms with E-state index in [1.807, 2.05) is 0 Å². The van der Waals surface area contributed by atoms with Crippen molar-refractivity contribution >= 4 is 12.0 Å². The first-order valence-corrected chi connectivity index (χ1v) is 7.93. The summed E-state index contributed by atoms with van der Waals surface area (Å²) in [5, 5.41) is 0.573. The lowest BCUT2D eigenvalue weighted by Crippen LogP contribution is -2.38. The van der Waals surface area contributed by atoms with Crippen molar-refractivity contribution in [3.8, 4) is 17.2 Å². The number of halogens is 3. The lowest BCUT2D eigenvalue weighted by Gasteiger charge is -2.18. The molecule has 0 saturated heterocycles. The first-order valence-electron chi connectivity index (χ1n) is 7.93. The molecule has 2 N–H and O–H groups in total. The number of alkyl halides is 3. The normalized spacial score (nSPS) is 12.0. The van der Waals surface area contributed by atoms with Gasteiger partial charge in [-0.15, -0.1) is 0 Å². The van der Waals surface area contributed by atoms with E-state index >= 15 is 0 Å². The van der Waals surface area contributed by atoms with Crippen LogP contribution in [0, 0.1) is 0 Å².